The predicted molar refractivity (Wildman–Crippen MR) is 74.2 cm³/mol. The van der Waals surface area contributed by atoms with Crippen molar-refractivity contribution in [3.8, 4) is 0 Å². The molecule has 1 atom stereocenters. The Hall–Kier alpha value is -1.66. The number of anilines is 1. The van der Waals surface area contributed by atoms with Crippen molar-refractivity contribution in [2.45, 2.75) is 12.5 Å². The number of carboxylic acid groups (broad SMARTS) is 1. The number of carbonyl (C=O) groups is 1. The predicted octanol–water partition coefficient (Wildman–Crippen LogP) is 2.22. The van der Waals surface area contributed by atoms with Crippen LogP contribution < -0.4 is 4.90 Å². The molecule has 0 bridgehead atoms. The minimum absolute atomic E-state index is 0.143. The summed E-state index contributed by atoms with van der Waals surface area (Å²) in [5, 5.41) is 9.84. The number of carboxylic acids is 1. The average molecular weight is 278 g/mol. The Bertz CT molecular complexity index is 625. The van der Waals surface area contributed by atoms with E-state index in [2.05, 4.69) is 9.27 Å². The number of nitrogens with zero attached hydrogens (tertiary/aromatic N) is 2. The molecule has 100 valence electrons. The van der Waals surface area contributed by atoms with E-state index in [1.165, 1.54) is 11.5 Å². The number of aromatic nitrogens is 1. The number of rotatable bonds is 3. The maximum atomic E-state index is 11.1. The van der Waals surface area contributed by atoms with Crippen LogP contribution in [0, 0.1) is 0 Å². The smallest absolute Gasteiger partial charge is 0.356 e. The Balaban J connectivity index is 1.97. The van der Waals surface area contributed by atoms with Crippen LogP contribution in [0.4, 0.5) is 5.69 Å². The van der Waals surface area contributed by atoms with Gasteiger partial charge in [0.2, 0.25) is 0 Å². The normalized spacial score (nSPS) is 19.2. The van der Waals surface area contributed by atoms with Crippen LogP contribution in [0.3, 0.4) is 0 Å². The van der Waals surface area contributed by atoms with Gasteiger partial charge in [0.05, 0.1) is 10.8 Å². The van der Waals surface area contributed by atoms with E-state index in [4.69, 9.17) is 9.84 Å². The summed E-state index contributed by atoms with van der Waals surface area (Å²) in [6.45, 7) is 1.78. The van der Waals surface area contributed by atoms with E-state index in [0.717, 1.165) is 35.3 Å². The van der Waals surface area contributed by atoms with Gasteiger partial charge in [-0.05, 0) is 36.2 Å². The highest BCUT2D eigenvalue weighted by Crippen LogP contribution is 2.29. The Morgan fingerprint density at radius 1 is 1.58 bits per heavy atom. The Morgan fingerprint density at radius 3 is 3.11 bits per heavy atom. The van der Waals surface area contributed by atoms with Crippen LogP contribution in [0.5, 0.6) is 0 Å². The van der Waals surface area contributed by atoms with Gasteiger partial charge < -0.3 is 14.7 Å². The van der Waals surface area contributed by atoms with Gasteiger partial charge in [0.1, 0.15) is 0 Å². The highest BCUT2D eigenvalue weighted by atomic mass is 32.1. The fourth-order valence-corrected chi connectivity index (χ4v) is 3.18. The summed E-state index contributed by atoms with van der Waals surface area (Å²) >= 11 is 1.22. The molecule has 1 aromatic heterocycles. The molecule has 1 aliphatic rings. The van der Waals surface area contributed by atoms with E-state index in [1.54, 1.807) is 7.11 Å². The fourth-order valence-electron chi connectivity index (χ4n) is 2.43. The van der Waals surface area contributed by atoms with Gasteiger partial charge in [-0.3, -0.25) is 0 Å². The quantitative estimate of drug-likeness (QED) is 0.932. The second kappa shape index (κ2) is 4.79. The molecule has 2 heterocycles. The highest BCUT2D eigenvalue weighted by Gasteiger charge is 2.23. The van der Waals surface area contributed by atoms with E-state index in [0.29, 0.717) is 0 Å². The molecule has 1 fully saturated rings. The van der Waals surface area contributed by atoms with E-state index >= 15 is 0 Å². The zero-order chi connectivity index (χ0) is 13.4. The molecule has 0 aliphatic carbocycles. The standard InChI is InChI=1S/C13H14N2O3S/c1-18-9-4-5-15(7-9)8-2-3-11-10(6-8)12(13(16)17)14-19-11/h2-3,6,9H,4-5,7H2,1H3,(H,16,17)/t9-/m1/s1. The lowest BCUT2D eigenvalue weighted by atomic mass is 10.2. The van der Waals surface area contributed by atoms with Gasteiger partial charge in [0.25, 0.3) is 0 Å². The SMILES string of the molecule is CO[C@@H]1CCN(c2ccc3snc(C(=O)O)c3c2)C1. The number of hydrogen-bond acceptors (Lipinski definition) is 5. The molecule has 6 heteroatoms. The summed E-state index contributed by atoms with van der Waals surface area (Å²) in [4.78, 5) is 13.3. The third kappa shape index (κ3) is 2.17. The van der Waals surface area contributed by atoms with Crippen LogP contribution in [-0.4, -0.2) is 41.8 Å². The van der Waals surface area contributed by atoms with E-state index in [9.17, 15) is 4.79 Å². The maximum absolute atomic E-state index is 11.1. The zero-order valence-corrected chi connectivity index (χ0v) is 11.3. The van der Waals surface area contributed by atoms with Crippen molar-refractivity contribution in [2.24, 2.45) is 0 Å². The van der Waals surface area contributed by atoms with Crippen LogP contribution >= 0.6 is 11.5 Å². The average Bonchev–Trinajstić information content (AvgIpc) is 3.04. The van der Waals surface area contributed by atoms with Gasteiger partial charge in [0.15, 0.2) is 5.69 Å². The Morgan fingerprint density at radius 2 is 2.42 bits per heavy atom. The topological polar surface area (TPSA) is 62.7 Å². The van der Waals surface area contributed by atoms with Crippen molar-refractivity contribution in [1.29, 1.82) is 0 Å². The highest BCUT2D eigenvalue weighted by molar-refractivity contribution is 7.13. The molecule has 0 unspecified atom stereocenters. The van der Waals surface area contributed by atoms with Crippen molar-refractivity contribution in [3.05, 3.63) is 23.9 Å². The number of methoxy groups -OCH3 is 1. The minimum Gasteiger partial charge on any atom is -0.476 e. The maximum Gasteiger partial charge on any atom is 0.356 e. The molecule has 0 amide bonds. The van der Waals surface area contributed by atoms with Crippen LogP contribution in [0.15, 0.2) is 18.2 Å². The van der Waals surface area contributed by atoms with Crippen molar-refractivity contribution in [2.75, 3.05) is 25.1 Å². The summed E-state index contributed by atoms with van der Waals surface area (Å²) in [7, 11) is 1.72. The van der Waals surface area contributed by atoms with Crippen LogP contribution in [0.2, 0.25) is 0 Å². The first-order chi connectivity index (χ1) is 9.19. The molecule has 0 saturated carbocycles. The van der Waals surface area contributed by atoms with Crippen molar-refractivity contribution >= 4 is 33.3 Å². The number of ether oxygens (including phenoxy) is 1. The summed E-state index contributed by atoms with van der Waals surface area (Å²) in [5.74, 6) is -0.973. The summed E-state index contributed by atoms with van der Waals surface area (Å²) < 4.78 is 10.2. The third-order valence-electron chi connectivity index (χ3n) is 3.50. The molecule has 1 saturated heterocycles. The fraction of sp³-hybridized carbons (Fsp3) is 0.385. The first-order valence-electron chi connectivity index (χ1n) is 6.09. The summed E-state index contributed by atoms with van der Waals surface area (Å²) in [5.41, 5.74) is 1.18. The first kappa shape index (κ1) is 12.4. The number of hydrogen-bond donors (Lipinski definition) is 1. The molecule has 3 rings (SSSR count). The molecule has 1 aromatic carbocycles. The van der Waals surface area contributed by atoms with Crippen LogP contribution in [-0.2, 0) is 4.74 Å². The van der Waals surface area contributed by atoms with Crippen molar-refractivity contribution in [3.63, 3.8) is 0 Å². The number of fused-ring (bicyclic) bond motifs is 1. The molecule has 0 spiro atoms. The van der Waals surface area contributed by atoms with Gasteiger partial charge in [-0.2, -0.15) is 4.37 Å². The molecule has 2 aromatic rings. The number of aromatic carboxylic acids is 1. The summed E-state index contributed by atoms with van der Waals surface area (Å²) in [6, 6.07) is 5.87. The van der Waals surface area contributed by atoms with Crippen LogP contribution in [0.1, 0.15) is 16.9 Å². The van der Waals surface area contributed by atoms with E-state index < -0.39 is 5.97 Å². The molecule has 1 aliphatic heterocycles. The lowest BCUT2D eigenvalue weighted by Crippen LogP contribution is -2.21. The van der Waals surface area contributed by atoms with Crippen molar-refractivity contribution < 1.29 is 14.6 Å². The first-order valence-corrected chi connectivity index (χ1v) is 6.87. The van der Waals surface area contributed by atoms with Crippen LogP contribution in [0.25, 0.3) is 10.1 Å². The van der Waals surface area contributed by atoms with E-state index in [-0.39, 0.29) is 11.8 Å². The molecular weight excluding hydrogens is 264 g/mol. The van der Waals surface area contributed by atoms with Gasteiger partial charge >= 0.3 is 5.97 Å². The van der Waals surface area contributed by atoms with Crippen molar-refractivity contribution in [1.82, 2.24) is 4.37 Å². The summed E-state index contributed by atoms with van der Waals surface area (Å²) in [6.07, 6.45) is 1.26. The monoisotopic (exact) mass is 278 g/mol. The lowest BCUT2D eigenvalue weighted by Gasteiger charge is -2.18. The van der Waals surface area contributed by atoms with E-state index in [1.807, 2.05) is 18.2 Å². The largest absolute Gasteiger partial charge is 0.476 e. The Kier molecular flexibility index (Phi) is 3.12. The molecule has 0 radical (unpaired) electrons. The molecule has 1 N–H and O–H groups in total. The molecular formula is C13H14N2O3S. The van der Waals surface area contributed by atoms with Gasteiger partial charge in [-0.15, -0.1) is 0 Å². The third-order valence-corrected chi connectivity index (χ3v) is 4.33. The van der Waals surface area contributed by atoms with Gasteiger partial charge in [-0.25, -0.2) is 4.79 Å². The minimum atomic E-state index is -0.973. The Labute approximate surface area is 114 Å². The lowest BCUT2D eigenvalue weighted by molar-refractivity contribution is 0.0694. The molecule has 5 nitrogen and oxygen atoms in total. The zero-order valence-electron chi connectivity index (χ0n) is 10.5. The van der Waals surface area contributed by atoms with Gasteiger partial charge in [-0.1, -0.05) is 0 Å². The second-order valence-electron chi connectivity index (χ2n) is 4.61. The number of benzene rings is 1. The molecule has 19 heavy (non-hydrogen) atoms. The second-order valence-corrected chi connectivity index (χ2v) is 5.41. The van der Waals surface area contributed by atoms with Gasteiger partial charge in [0, 0.05) is 31.3 Å².